The van der Waals surface area contributed by atoms with E-state index in [0.717, 1.165) is 5.69 Å². The number of aryl methyl sites for hydroxylation is 1. The van der Waals surface area contributed by atoms with E-state index >= 15 is 0 Å². The summed E-state index contributed by atoms with van der Waals surface area (Å²) in [6.07, 6.45) is 5.06. The van der Waals surface area contributed by atoms with Crippen LogP contribution in [0.2, 0.25) is 0 Å². The molecule has 2 nitrogen and oxygen atoms in total. The zero-order valence-corrected chi connectivity index (χ0v) is 6.71. The van der Waals surface area contributed by atoms with Crippen LogP contribution in [0.15, 0.2) is 18.6 Å². The Morgan fingerprint density at radius 3 is 2.38 bits per heavy atom. The van der Waals surface area contributed by atoms with Gasteiger partial charge in [-0.1, -0.05) is 0 Å². The van der Waals surface area contributed by atoms with Crippen LogP contribution in [0.3, 0.4) is 0 Å². The predicted octanol–water partition coefficient (Wildman–Crippen LogP) is 0.783. The van der Waals surface area contributed by atoms with E-state index in [9.17, 15) is 0 Å². The van der Waals surface area contributed by atoms with Gasteiger partial charge in [0, 0.05) is 39.7 Å². The number of hydrogen-bond acceptors (Lipinski definition) is 2. The first-order valence-corrected chi connectivity index (χ1v) is 2.12. The van der Waals surface area contributed by atoms with E-state index in [0.29, 0.717) is 0 Å². The maximum Gasteiger partial charge on any atom is 0.0555 e. The standard InChI is InChI=1S/C5H6N2.Pt/c1-5-4-6-2-3-7-5;/h2-4H,1H3;. The van der Waals surface area contributed by atoms with Gasteiger partial charge in [-0.25, -0.2) is 0 Å². The zero-order chi connectivity index (χ0) is 5.11. The van der Waals surface area contributed by atoms with Crippen molar-refractivity contribution >= 4 is 0 Å². The molecular formula is C5H6N2Pt. The molecule has 0 N–H and O–H groups in total. The van der Waals surface area contributed by atoms with Gasteiger partial charge in [-0.05, 0) is 6.92 Å². The summed E-state index contributed by atoms with van der Waals surface area (Å²) in [6, 6.07) is 0. The molecule has 0 fully saturated rings. The molecule has 8 heavy (non-hydrogen) atoms. The molecule has 0 aromatic carbocycles. The monoisotopic (exact) mass is 289 g/mol. The Bertz CT molecular complexity index is 140. The van der Waals surface area contributed by atoms with Crippen LogP contribution in [-0.4, -0.2) is 9.97 Å². The second kappa shape index (κ2) is 3.73. The van der Waals surface area contributed by atoms with E-state index in [-0.39, 0.29) is 21.1 Å². The van der Waals surface area contributed by atoms with E-state index in [4.69, 9.17) is 0 Å². The third kappa shape index (κ3) is 2.17. The molecule has 1 rings (SSSR count). The van der Waals surface area contributed by atoms with E-state index < -0.39 is 0 Å². The summed E-state index contributed by atoms with van der Waals surface area (Å²) in [5, 5.41) is 0. The molecule has 3 heteroatoms. The number of hydrogen-bond donors (Lipinski definition) is 0. The topological polar surface area (TPSA) is 25.8 Å². The smallest absolute Gasteiger partial charge is 0.0555 e. The van der Waals surface area contributed by atoms with Crippen LogP contribution < -0.4 is 0 Å². The summed E-state index contributed by atoms with van der Waals surface area (Å²) >= 11 is 0. The fraction of sp³-hybridized carbons (Fsp3) is 0.200. The van der Waals surface area contributed by atoms with Crippen LogP contribution in [0.1, 0.15) is 5.69 Å². The Morgan fingerprint density at radius 2 is 2.12 bits per heavy atom. The Hall–Kier alpha value is -0.232. The molecule has 0 radical (unpaired) electrons. The second-order valence-electron chi connectivity index (χ2n) is 1.35. The van der Waals surface area contributed by atoms with Gasteiger partial charge in [0.15, 0.2) is 0 Å². The fourth-order valence-electron chi connectivity index (χ4n) is 0.374. The fourth-order valence-corrected chi connectivity index (χ4v) is 0.374. The molecule has 0 saturated heterocycles. The normalized spacial score (nSPS) is 7.62. The van der Waals surface area contributed by atoms with E-state index in [1.165, 1.54) is 0 Å². The molecule has 0 amide bonds. The van der Waals surface area contributed by atoms with Crippen LogP contribution in [0.25, 0.3) is 0 Å². The van der Waals surface area contributed by atoms with Crippen LogP contribution in [0, 0.1) is 6.92 Å². The van der Waals surface area contributed by atoms with Gasteiger partial charge in [0.25, 0.3) is 0 Å². The summed E-state index contributed by atoms with van der Waals surface area (Å²) in [5.41, 5.74) is 0.961. The van der Waals surface area contributed by atoms with Gasteiger partial charge in [0.1, 0.15) is 0 Å². The Balaban J connectivity index is 0.000000490. The minimum atomic E-state index is 0. The molecule has 0 unspecified atom stereocenters. The van der Waals surface area contributed by atoms with Gasteiger partial charge >= 0.3 is 0 Å². The number of aromatic nitrogens is 2. The van der Waals surface area contributed by atoms with Gasteiger partial charge in [0.05, 0.1) is 5.69 Å². The van der Waals surface area contributed by atoms with E-state index in [1.54, 1.807) is 18.6 Å². The maximum atomic E-state index is 3.92. The minimum Gasteiger partial charge on any atom is -0.261 e. The first-order chi connectivity index (χ1) is 3.39. The van der Waals surface area contributed by atoms with Crippen molar-refractivity contribution in [1.82, 2.24) is 9.97 Å². The Morgan fingerprint density at radius 1 is 1.38 bits per heavy atom. The van der Waals surface area contributed by atoms with Crippen molar-refractivity contribution in [3.63, 3.8) is 0 Å². The maximum absolute atomic E-state index is 3.92. The van der Waals surface area contributed by atoms with Crippen molar-refractivity contribution in [3.8, 4) is 0 Å². The molecule has 1 aromatic heterocycles. The van der Waals surface area contributed by atoms with Crippen molar-refractivity contribution in [2.45, 2.75) is 6.92 Å². The molecule has 0 spiro atoms. The molecule has 46 valence electrons. The van der Waals surface area contributed by atoms with Crippen molar-refractivity contribution < 1.29 is 21.1 Å². The average Bonchev–Trinajstić information content (AvgIpc) is 1.69. The third-order valence-electron chi connectivity index (χ3n) is 0.692. The Kier molecular flexibility index (Phi) is 3.62. The van der Waals surface area contributed by atoms with Gasteiger partial charge in [-0.2, -0.15) is 0 Å². The second-order valence-corrected chi connectivity index (χ2v) is 1.35. The number of nitrogens with zero attached hydrogens (tertiary/aromatic N) is 2. The van der Waals surface area contributed by atoms with E-state index in [2.05, 4.69) is 9.97 Å². The molecule has 0 bridgehead atoms. The summed E-state index contributed by atoms with van der Waals surface area (Å²) in [6.45, 7) is 1.91. The minimum absolute atomic E-state index is 0. The van der Waals surface area contributed by atoms with Gasteiger partial charge in [-0.15, -0.1) is 0 Å². The third-order valence-corrected chi connectivity index (χ3v) is 0.692. The van der Waals surface area contributed by atoms with Crippen molar-refractivity contribution in [3.05, 3.63) is 24.3 Å². The first-order valence-electron chi connectivity index (χ1n) is 2.12. The largest absolute Gasteiger partial charge is 0.261 e. The molecule has 0 aliphatic rings. The summed E-state index contributed by atoms with van der Waals surface area (Å²) in [7, 11) is 0. The SMILES string of the molecule is Cc1cnccn1.[Pt]. The first kappa shape index (κ1) is 7.77. The van der Waals surface area contributed by atoms with Crippen LogP contribution in [0.4, 0.5) is 0 Å². The quantitative estimate of drug-likeness (QED) is 0.705. The molecule has 0 aliphatic carbocycles. The molecule has 0 atom stereocenters. The van der Waals surface area contributed by atoms with Gasteiger partial charge in [0.2, 0.25) is 0 Å². The zero-order valence-electron chi connectivity index (χ0n) is 4.44. The van der Waals surface area contributed by atoms with Crippen LogP contribution >= 0.6 is 0 Å². The molecule has 0 aliphatic heterocycles. The summed E-state index contributed by atoms with van der Waals surface area (Å²) in [5.74, 6) is 0. The summed E-state index contributed by atoms with van der Waals surface area (Å²) < 4.78 is 0. The average molecular weight is 289 g/mol. The molecule has 1 aromatic rings. The predicted molar refractivity (Wildman–Crippen MR) is 26.8 cm³/mol. The molecular weight excluding hydrogens is 283 g/mol. The van der Waals surface area contributed by atoms with Crippen LogP contribution in [-0.2, 0) is 21.1 Å². The van der Waals surface area contributed by atoms with Gasteiger partial charge < -0.3 is 0 Å². The Labute approximate surface area is 62.6 Å². The van der Waals surface area contributed by atoms with Crippen LogP contribution in [0.5, 0.6) is 0 Å². The molecule has 0 saturated carbocycles. The molecule has 1 heterocycles. The summed E-state index contributed by atoms with van der Waals surface area (Å²) in [4.78, 5) is 7.74. The van der Waals surface area contributed by atoms with Crippen molar-refractivity contribution in [2.24, 2.45) is 0 Å². The van der Waals surface area contributed by atoms with Gasteiger partial charge in [-0.3, -0.25) is 9.97 Å². The van der Waals surface area contributed by atoms with E-state index in [1.807, 2.05) is 6.92 Å². The number of rotatable bonds is 0. The van der Waals surface area contributed by atoms with Crippen molar-refractivity contribution in [2.75, 3.05) is 0 Å². The van der Waals surface area contributed by atoms with Crippen molar-refractivity contribution in [1.29, 1.82) is 0 Å².